The smallest absolute Gasteiger partial charge is 0.172 e. The Hall–Kier alpha value is -3.84. The number of aliphatic hydroxyl groups excluding tert-OH is 1. The fourth-order valence-corrected chi connectivity index (χ4v) is 4.25. The van der Waals surface area contributed by atoms with Crippen molar-refractivity contribution in [3.8, 4) is 16.9 Å². The lowest BCUT2D eigenvalue weighted by Crippen LogP contribution is -2.36. The number of nitrogens with one attached hydrogen (secondary N) is 1. The summed E-state index contributed by atoms with van der Waals surface area (Å²) in [4.78, 5) is 8.56. The Balaban J connectivity index is 1.57. The SMILES string of the molecule is OCC1(c2c(F)ccc(OCc3ccccc3)c2F)CNc2ncc(-c3cccnc3)cc21. The molecule has 4 aromatic rings. The molecule has 3 heterocycles. The molecular weight excluding hydrogens is 424 g/mol. The van der Waals surface area contributed by atoms with Crippen molar-refractivity contribution < 1.29 is 18.6 Å². The maximum absolute atomic E-state index is 15.7. The number of anilines is 1. The first-order valence-corrected chi connectivity index (χ1v) is 10.5. The van der Waals surface area contributed by atoms with Crippen LogP contribution in [0.5, 0.6) is 5.75 Å². The Kier molecular flexibility index (Phi) is 5.48. The molecular formula is C26H21F2N3O2. The number of ether oxygens (including phenoxy) is 1. The molecule has 7 heteroatoms. The first kappa shape index (κ1) is 21.0. The van der Waals surface area contributed by atoms with E-state index in [9.17, 15) is 5.11 Å². The number of rotatable bonds is 6. The summed E-state index contributed by atoms with van der Waals surface area (Å²) in [5, 5.41) is 13.6. The molecule has 166 valence electrons. The van der Waals surface area contributed by atoms with Gasteiger partial charge in [-0.05, 0) is 29.8 Å². The topological polar surface area (TPSA) is 67.3 Å². The van der Waals surface area contributed by atoms with E-state index in [0.717, 1.165) is 16.7 Å². The number of halogens is 2. The molecule has 0 amide bonds. The first-order valence-electron chi connectivity index (χ1n) is 10.5. The molecule has 0 aliphatic carbocycles. The molecule has 0 spiro atoms. The van der Waals surface area contributed by atoms with Gasteiger partial charge in [0.1, 0.15) is 18.2 Å². The minimum atomic E-state index is -1.36. The van der Waals surface area contributed by atoms with Crippen molar-refractivity contribution in [2.75, 3.05) is 18.5 Å². The Labute approximate surface area is 189 Å². The van der Waals surface area contributed by atoms with E-state index in [-0.39, 0.29) is 24.5 Å². The fraction of sp³-hybridized carbons (Fsp3) is 0.154. The second-order valence-corrected chi connectivity index (χ2v) is 7.96. The molecule has 0 radical (unpaired) electrons. The van der Waals surface area contributed by atoms with Gasteiger partial charge in [0, 0.05) is 47.4 Å². The quantitative estimate of drug-likeness (QED) is 0.450. The molecule has 1 atom stereocenters. The van der Waals surface area contributed by atoms with E-state index in [4.69, 9.17) is 4.74 Å². The molecule has 5 nitrogen and oxygen atoms in total. The summed E-state index contributed by atoms with van der Waals surface area (Å²) in [5.74, 6) is -1.18. The highest BCUT2D eigenvalue weighted by molar-refractivity contribution is 5.70. The van der Waals surface area contributed by atoms with Crippen molar-refractivity contribution >= 4 is 5.82 Å². The van der Waals surface area contributed by atoms with Crippen molar-refractivity contribution in [3.05, 3.63) is 108 Å². The van der Waals surface area contributed by atoms with Gasteiger partial charge >= 0.3 is 0 Å². The maximum Gasteiger partial charge on any atom is 0.172 e. The van der Waals surface area contributed by atoms with Gasteiger partial charge in [0.15, 0.2) is 11.6 Å². The van der Waals surface area contributed by atoms with Crippen LogP contribution in [0.25, 0.3) is 11.1 Å². The third-order valence-electron chi connectivity index (χ3n) is 6.00. The van der Waals surface area contributed by atoms with Crippen molar-refractivity contribution in [3.63, 3.8) is 0 Å². The number of fused-ring (bicyclic) bond motifs is 1. The Morgan fingerprint density at radius 1 is 1.00 bits per heavy atom. The van der Waals surface area contributed by atoms with Gasteiger partial charge in [-0.2, -0.15) is 0 Å². The normalized spacial score (nSPS) is 16.8. The lowest BCUT2D eigenvalue weighted by molar-refractivity contribution is 0.221. The molecule has 0 fully saturated rings. The van der Waals surface area contributed by atoms with Gasteiger partial charge in [-0.1, -0.05) is 36.4 Å². The molecule has 5 rings (SSSR count). The fourth-order valence-electron chi connectivity index (χ4n) is 4.25. The van der Waals surface area contributed by atoms with Crippen LogP contribution in [-0.4, -0.2) is 28.2 Å². The van der Waals surface area contributed by atoms with Gasteiger partial charge in [0.2, 0.25) is 0 Å². The van der Waals surface area contributed by atoms with E-state index in [1.165, 1.54) is 12.1 Å². The number of pyridine rings is 2. The van der Waals surface area contributed by atoms with Gasteiger partial charge in [0.05, 0.1) is 12.0 Å². The molecule has 1 aliphatic heterocycles. The largest absolute Gasteiger partial charge is 0.486 e. The van der Waals surface area contributed by atoms with Crippen molar-refractivity contribution in [2.45, 2.75) is 12.0 Å². The number of hydrogen-bond donors (Lipinski definition) is 2. The summed E-state index contributed by atoms with van der Waals surface area (Å²) < 4.78 is 36.5. The Morgan fingerprint density at radius 3 is 2.61 bits per heavy atom. The highest BCUT2D eigenvalue weighted by Gasteiger charge is 2.45. The molecule has 0 saturated heterocycles. The number of aliphatic hydroxyl groups is 1. The van der Waals surface area contributed by atoms with E-state index in [1.807, 2.05) is 36.4 Å². The first-order chi connectivity index (χ1) is 16.1. The minimum absolute atomic E-state index is 0.0760. The lowest BCUT2D eigenvalue weighted by atomic mass is 9.76. The summed E-state index contributed by atoms with van der Waals surface area (Å²) in [7, 11) is 0. The zero-order valence-electron chi connectivity index (χ0n) is 17.6. The predicted octanol–water partition coefficient (Wildman–Crippen LogP) is 4.70. The minimum Gasteiger partial charge on any atom is -0.486 e. The Bertz CT molecular complexity index is 1290. The zero-order valence-corrected chi connectivity index (χ0v) is 17.6. The standard InChI is InChI=1S/C26H21F2N3O2/c27-21-8-9-22(33-14-17-5-2-1-3-6-17)24(28)23(21)26(16-32)15-31-25-20(26)11-19(13-30-25)18-7-4-10-29-12-18/h1-13,32H,14-16H2,(H,30,31). The van der Waals surface area contributed by atoms with E-state index in [0.29, 0.717) is 11.4 Å². The highest BCUT2D eigenvalue weighted by atomic mass is 19.1. The molecule has 2 N–H and O–H groups in total. The molecule has 0 saturated carbocycles. The van der Waals surface area contributed by atoms with E-state index >= 15 is 8.78 Å². The summed E-state index contributed by atoms with van der Waals surface area (Å²) in [6.07, 6.45) is 5.02. The van der Waals surface area contributed by atoms with Crippen LogP contribution in [0, 0.1) is 11.6 Å². The van der Waals surface area contributed by atoms with Gasteiger partial charge in [-0.3, -0.25) is 4.98 Å². The average Bonchev–Trinajstić information content (AvgIpc) is 3.23. The molecule has 1 aliphatic rings. The summed E-state index contributed by atoms with van der Waals surface area (Å²) in [6, 6.07) is 17.2. The van der Waals surface area contributed by atoms with Gasteiger partial charge in [-0.15, -0.1) is 0 Å². The van der Waals surface area contributed by atoms with Crippen LogP contribution in [-0.2, 0) is 12.0 Å². The van der Waals surface area contributed by atoms with Gasteiger partial charge < -0.3 is 15.2 Å². The monoisotopic (exact) mass is 445 g/mol. The molecule has 0 bridgehead atoms. The van der Waals surface area contributed by atoms with Crippen LogP contribution >= 0.6 is 0 Å². The molecule has 2 aromatic heterocycles. The van der Waals surface area contributed by atoms with Gasteiger partial charge in [0.25, 0.3) is 0 Å². The third kappa shape index (κ3) is 3.70. The number of aromatic nitrogens is 2. The highest BCUT2D eigenvalue weighted by Crippen LogP contribution is 2.45. The van der Waals surface area contributed by atoms with E-state index in [1.54, 1.807) is 30.7 Å². The average molecular weight is 445 g/mol. The van der Waals surface area contributed by atoms with Crippen molar-refractivity contribution in [1.82, 2.24) is 9.97 Å². The van der Waals surface area contributed by atoms with Gasteiger partial charge in [-0.25, -0.2) is 13.8 Å². The second-order valence-electron chi connectivity index (χ2n) is 7.96. The van der Waals surface area contributed by atoms with E-state index < -0.39 is 23.7 Å². The van der Waals surface area contributed by atoms with Crippen LogP contribution in [0.1, 0.15) is 16.7 Å². The molecule has 1 unspecified atom stereocenters. The summed E-state index contributed by atoms with van der Waals surface area (Å²) >= 11 is 0. The molecule has 2 aromatic carbocycles. The Morgan fingerprint density at radius 2 is 1.85 bits per heavy atom. The van der Waals surface area contributed by atoms with Crippen LogP contribution < -0.4 is 10.1 Å². The van der Waals surface area contributed by atoms with Crippen molar-refractivity contribution in [2.24, 2.45) is 0 Å². The van der Waals surface area contributed by atoms with Crippen LogP contribution in [0.4, 0.5) is 14.6 Å². The summed E-state index contributed by atoms with van der Waals surface area (Å²) in [6.45, 7) is -0.282. The number of nitrogens with zero attached hydrogens (tertiary/aromatic N) is 2. The predicted molar refractivity (Wildman–Crippen MR) is 121 cm³/mol. The zero-order chi connectivity index (χ0) is 22.8. The van der Waals surface area contributed by atoms with E-state index in [2.05, 4.69) is 15.3 Å². The number of benzene rings is 2. The third-order valence-corrected chi connectivity index (χ3v) is 6.00. The van der Waals surface area contributed by atoms with Crippen LogP contribution in [0.15, 0.2) is 79.3 Å². The second kappa shape index (κ2) is 8.60. The van der Waals surface area contributed by atoms with Crippen LogP contribution in [0.2, 0.25) is 0 Å². The summed E-state index contributed by atoms with van der Waals surface area (Å²) in [5.41, 5.74) is 1.32. The van der Waals surface area contributed by atoms with Crippen LogP contribution in [0.3, 0.4) is 0 Å². The number of hydrogen-bond acceptors (Lipinski definition) is 5. The lowest BCUT2D eigenvalue weighted by Gasteiger charge is -2.29. The van der Waals surface area contributed by atoms with Crippen molar-refractivity contribution in [1.29, 1.82) is 0 Å². The molecule has 33 heavy (non-hydrogen) atoms. The maximum atomic E-state index is 15.7.